The molecule has 140 valence electrons. The van der Waals surface area contributed by atoms with Crippen LogP contribution in [0.1, 0.15) is 59.3 Å². The van der Waals surface area contributed by atoms with Crippen molar-refractivity contribution in [1.82, 2.24) is 10.6 Å². The van der Waals surface area contributed by atoms with E-state index in [2.05, 4.69) is 10.6 Å². The van der Waals surface area contributed by atoms with Crippen molar-refractivity contribution in [1.29, 1.82) is 0 Å². The zero-order chi connectivity index (χ0) is 17.6. The second-order valence-corrected chi connectivity index (χ2v) is 8.35. The molecule has 0 atom stereocenters. The highest BCUT2D eigenvalue weighted by molar-refractivity contribution is 5.68. The van der Waals surface area contributed by atoms with Gasteiger partial charge in [0.1, 0.15) is 5.60 Å². The van der Waals surface area contributed by atoms with Gasteiger partial charge in [0.05, 0.1) is 12.2 Å². The molecule has 2 rings (SSSR count). The molecule has 1 aliphatic heterocycles. The fourth-order valence-electron chi connectivity index (χ4n) is 3.38. The summed E-state index contributed by atoms with van der Waals surface area (Å²) in [6, 6.07) is 0.0737. The number of ether oxygens (including phenoxy) is 2. The van der Waals surface area contributed by atoms with Crippen LogP contribution < -0.4 is 10.6 Å². The molecule has 2 fully saturated rings. The van der Waals surface area contributed by atoms with E-state index in [0.29, 0.717) is 25.4 Å². The first-order valence-corrected chi connectivity index (χ1v) is 9.26. The maximum atomic E-state index is 11.8. The first-order chi connectivity index (χ1) is 11.3. The van der Waals surface area contributed by atoms with Crippen LogP contribution in [0.4, 0.5) is 4.79 Å². The number of nitrogens with one attached hydrogen (secondary N) is 2. The van der Waals surface area contributed by atoms with E-state index in [9.17, 15) is 9.90 Å². The van der Waals surface area contributed by atoms with Gasteiger partial charge in [0.2, 0.25) is 0 Å². The topological polar surface area (TPSA) is 79.8 Å². The molecule has 24 heavy (non-hydrogen) atoms. The predicted octanol–water partition coefficient (Wildman–Crippen LogP) is 2.20. The minimum Gasteiger partial charge on any atom is -0.444 e. The Bertz CT molecular complexity index is 394. The van der Waals surface area contributed by atoms with Crippen LogP contribution in [0.2, 0.25) is 0 Å². The molecule has 0 unspecified atom stereocenters. The summed E-state index contributed by atoms with van der Waals surface area (Å²) in [5.41, 5.74) is -1.24. The molecule has 6 heteroatoms. The Balaban J connectivity index is 1.64. The van der Waals surface area contributed by atoms with Crippen molar-refractivity contribution in [3.05, 3.63) is 0 Å². The van der Waals surface area contributed by atoms with E-state index in [1.54, 1.807) is 0 Å². The second kappa shape index (κ2) is 8.50. The van der Waals surface area contributed by atoms with E-state index in [4.69, 9.17) is 9.47 Å². The summed E-state index contributed by atoms with van der Waals surface area (Å²) < 4.78 is 11.1. The summed E-state index contributed by atoms with van der Waals surface area (Å²) in [5.74, 6) is 0.611. The standard InChI is InChI=1S/C18H34N2O4/c1-17(2,3)24-16(21)20-15-4-8-18(22,9-5-15)13-23-12-14-6-10-19-11-7-14/h14-15,19,22H,4-13H2,1-3H3,(H,20,21). The van der Waals surface area contributed by atoms with Crippen molar-refractivity contribution in [3.63, 3.8) is 0 Å². The molecule has 3 N–H and O–H groups in total. The van der Waals surface area contributed by atoms with Gasteiger partial charge in [0, 0.05) is 12.6 Å². The Kier molecular flexibility index (Phi) is 6.89. The highest BCUT2D eigenvalue weighted by atomic mass is 16.6. The Morgan fingerprint density at radius 2 is 1.83 bits per heavy atom. The molecule has 0 aromatic heterocycles. The van der Waals surface area contributed by atoms with Crippen LogP contribution in [0.3, 0.4) is 0 Å². The van der Waals surface area contributed by atoms with Gasteiger partial charge in [0.15, 0.2) is 0 Å². The minimum atomic E-state index is -0.751. The largest absolute Gasteiger partial charge is 0.444 e. The van der Waals surface area contributed by atoms with Crippen molar-refractivity contribution >= 4 is 6.09 Å². The van der Waals surface area contributed by atoms with Gasteiger partial charge in [-0.1, -0.05) is 0 Å². The number of piperidine rings is 1. The maximum absolute atomic E-state index is 11.8. The fourth-order valence-corrected chi connectivity index (χ4v) is 3.38. The van der Waals surface area contributed by atoms with E-state index < -0.39 is 11.2 Å². The number of hydrogen-bond acceptors (Lipinski definition) is 5. The van der Waals surface area contributed by atoms with Crippen molar-refractivity contribution in [2.24, 2.45) is 5.92 Å². The van der Waals surface area contributed by atoms with Crippen molar-refractivity contribution in [2.45, 2.75) is 76.5 Å². The summed E-state index contributed by atoms with van der Waals surface area (Å²) >= 11 is 0. The molecule has 0 bridgehead atoms. The zero-order valence-electron chi connectivity index (χ0n) is 15.4. The third-order valence-corrected chi connectivity index (χ3v) is 4.82. The molecule has 1 heterocycles. The average molecular weight is 342 g/mol. The minimum absolute atomic E-state index is 0.0737. The number of aliphatic hydroxyl groups is 1. The van der Waals surface area contributed by atoms with Crippen LogP contribution in [0.25, 0.3) is 0 Å². The van der Waals surface area contributed by atoms with Gasteiger partial charge in [-0.05, 0) is 78.3 Å². The number of rotatable bonds is 5. The van der Waals surface area contributed by atoms with Crippen molar-refractivity contribution < 1.29 is 19.4 Å². The van der Waals surface area contributed by atoms with Crippen LogP contribution in [-0.2, 0) is 9.47 Å². The van der Waals surface area contributed by atoms with Crippen LogP contribution in [0.15, 0.2) is 0 Å². The maximum Gasteiger partial charge on any atom is 0.407 e. The van der Waals surface area contributed by atoms with E-state index in [-0.39, 0.29) is 12.1 Å². The van der Waals surface area contributed by atoms with Crippen molar-refractivity contribution in [3.8, 4) is 0 Å². The Morgan fingerprint density at radius 3 is 2.42 bits per heavy atom. The van der Waals surface area contributed by atoms with Crippen LogP contribution in [0, 0.1) is 5.92 Å². The lowest BCUT2D eigenvalue weighted by Crippen LogP contribution is -2.47. The molecule has 6 nitrogen and oxygen atoms in total. The second-order valence-electron chi connectivity index (χ2n) is 8.35. The lowest BCUT2D eigenvalue weighted by Gasteiger charge is -2.36. The lowest BCUT2D eigenvalue weighted by molar-refractivity contribution is -0.0796. The fraction of sp³-hybridized carbons (Fsp3) is 0.944. The highest BCUT2D eigenvalue weighted by Gasteiger charge is 2.34. The van der Waals surface area contributed by atoms with Crippen LogP contribution in [0.5, 0.6) is 0 Å². The smallest absolute Gasteiger partial charge is 0.407 e. The van der Waals surface area contributed by atoms with E-state index in [1.807, 2.05) is 20.8 Å². The number of carbonyl (C=O) groups is 1. The Hall–Kier alpha value is -0.850. The van der Waals surface area contributed by atoms with Gasteiger partial charge in [0.25, 0.3) is 0 Å². The molecule has 1 saturated heterocycles. The molecular weight excluding hydrogens is 308 g/mol. The average Bonchev–Trinajstić information content (AvgIpc) is 2.49. The van der Waals surface area contributed by atoms with E-state index >= 15 is 0 Å². The van der Waals surface area contributed by atoms with Gasteiger partial charge in [-0.2, -0.15) is 0 Å². The first kappa shape index (κ1) is 19.5. The van der Waals surface area contributed by atoms with Crippen molar-refractivity contribution in [2.75, 3.05) is 26.3 Å². The SMILES string of the molecule is CC(C)(C)OC(=O)NC1CCC(O)(COCC2CCNCC2)CC1. The molecule has 0 aromatic rings. The monoisotopic (exact) mass is 342 g/mol. The Labute approximate surface area is 145 Å². The molecule has 0 aromatic carbocycles. The molecule has 1 aliphatic carbocycles. The first-order valence-electron chi connectivity index (χ1n) is 9.26. The number of amides is 1. The number of carbonyl (C=O) groups excluding carboxylic acids is 1. The third kappa shape index (κ3) is 6.95. The van der Waals surface area contributed by atoms with Crippen LogP contribution in [-0.4, -0.2) is 54.7 Å². The normalized spacial score (nSPS) is 29.2. The molecule has 1 saturated carbocycles. The van der Waals surface area contributed by atoms with Gasteiger partial charge in [-0.3, -0.25) is 0 Å². The summed E-state index contributed by atoms with van der Waals surface area (Å²) in [7, 11) is 0. The molecule has 1 amide bonds. The van der Waals surface area contributed by atoms with Crippen LogP contribution >= 0.6 is 0 Å². The molecule has 2 aliphatic rings. The Morgan fingerprint density at radius 1 is 1.21 bits per heavy atom. The summed E-state index contributed by atoms with van der Waals surface area (Å²) in [4.78, 5) is 11.8. The quantitative estimate of drug-likeness (QED) is 0.714. The van der Waals surface area contributed by atoms with E-state index in [0.717, 1.165) is 45.4 Å². The van der Waals surface area contributed by atoms with Gasteiger partial charge >= 0.3 is 6.09 Å². The zero-order valence-corrected chi connectivity index (χ0v) is 15.4. The highest BCUT2D eigenvalue weighted by Crippen LogP contribution is 2.29. The third-order valence-electron chi connectivity index (χ3n) is 4.82. The summed E-state index contributed by atoms with van der Waals surface area (Å²) in [6.45, 7) is 8.83. The predicted molar refractivity (Wildman–Crippen MR) is 93.0 cm³/mol. The molecule has 0 spiro atoms. The summed E-state index contributed by atoms with van der Waals surface area (Å²) in [6.07, 6.45) is 4.75. The molecule has 0 radical (unpaired) electrons. The van der Waals surface area contributed by atoms with E-state index in [1.165, 1.54) is 0 Å². The van der Waals surface area contributed by atoms with Gasteiger partial charge < -0.3 is 25.2 Å². The van der Waals surface area contributed by atoms with Gasteiger partial charge in [-0.25, -0.2) is 4.79 Å². The molecular formula is C18H34N2O4. The lowest BCUT2D eigenvalue weighted by atomic mass is 9.83. The number of alkyl carbamates (subject to hydrolysis) is 1. The summed E-state index contributed by atoms with van der Waals surface area (Å²) in [5, 5.41) is 16.9. The number of hydrogen-bond donors (Lipinski definition) is 3. The van der Waals surface area contributed by atoms with Gasteiger partial charge in [-0.15, -0.1) is 0 Å².